The van der Waals surface area contributed by atoms with E-state index in [4.69, 9.17) is 9.47 Å². The number of hydrogen-bond donors (Lipinski definition) is 1. The second-order valence-corrected chi connectivity index (χ2v) is 11.2. The second kappa shape index (κ2) is 8.30. The topological polar surface area (TPSA) is 102 Å². The number of nitrogens with one attached hydrogen (secondary N) is 1. The Morgan fingerprint density at radius 3 is 2.47 bits per heavy atom. The number of carbonyl (C=O) groups excluding carboxylic acids is 2. The zero-order chi connectivity index (χ0) is 24.1. The quantitative estimate of drug-likeness (QED) is 0.699. The molecule has 8 nitrogen and oxygen atoms in total. The summed E-state index contributed by atoms with van der Waals surface area (Å²) in [5.74, 6) is 0.541. The van der Waals surface area contributed by atoms with E-state index in [0.29, 0.717) is 19.8 Å². The van der Waals surface area contributed by atoms with Crippen LogP contribution in [-0.2, 0) is 15.4 Å². The van der Waals surface area contributed by atoms with Crippen LogP contribution in [0.1, 0.15) is 65.8 Å². The van der Waals surface area contributed by atoms with E-state index in [2.05, 4.69) is 5.32 Å². The Balaban J connectivity index is 1.38. The number of ether oxygens (including phenoxy) is 2. The van der Waals surface area contributed by atoms with Gasteiger partial charge in [-0.25, -0.2) is 12.7 Å². The number of fused-ring (bicyclic) bond motifs is 2. The van der Waals surface area contributed by atoms with E-state index in [0.717, 1.165) is 47.1 Å². The summed E-state index contributed by atoms with van der Waals surface area (Å²) < 4.78 is 38.0. The van der Waals surface area contributed by atoms with Crippen LogP contribution in [0, 0.1) is 0 Å². The van der Waals surface area contributed by atoms with Gasteiger partial charge in [0.2, 0.25) is 0 Å². The van der Waals surface area contributed by atoms with Gasteiger partial charge in [-0.05, 0) is 62.6 Å². The molecule has 0 aromatic heterocycles. The maximum Gasteiger partial charge on any atom is 0.269 e. The van der Waals surface area contributed by atoms with E-state index in [1.54, 1.807) is 13.8 Å². The summed E-state index contributed by atoms with van der Waals surface area (Å²) in [6.07, 6.45) is 4.00. The number of benzene rings is 2. The molecule has 5 rings (SSSR count). The number of hydrogen-bond acceptors (Lipinski definition) is 6. The Morgan fingerprint density at radius 2 is 1.76 bits per heavy atom. The summed E-state index contributed by atoms with van der Waals surface area (Å²) in [5, 5.41) is 3.02. The number of nitrogens with zero attached hydrogens (tertiary/aromatic N) is 1. The Morgan fingerprint density at radius 1 is 1.06 bits per heavy atom. The smallest absolute Gasteiger partial charge is 0.269 e. The number of sulfonamides is 1. The van der Waals surface area contributed by atoms with Gasteiger partial charge in [0.05, 0.1) is 5.56 Å². The molecule has 1 N–H and O–H groups in total. The molecule has 2 aliphatic heterocycles. The van der Waals surface area contributed by atoms with Gasteiger partial charge < -0.3 is 14.8 Å². The predicted molar refractivity (Wildman–Crippen MR) is 125 cm³/mol. The first-order chi connectivity index (χ1) is 16.2. The minimum Gasteiger partial charge on any atom is -0.486 e. The fourth-order valence-electron chi connectivity index (χ4n) is 5.24. The first-order valence-corrected chi connectivity index (χ1v) is 13.1. The molecule has 0 radical (unpaired) electrons. The molecule has 0 atom stereocenters. The van der Waals surface area contributed by atoms with Gasteiger partial charge in [-0.3, -0.25) is 9.59 Å². The summed E-state index contributed by atoms with van der Waals surface area (Å²) in [6, 6.07) is 9.73. The zero-order valence-electron chi connectivity index (χ0n) is 19.3. The van der Waals surface area contributed by atoms with Crippen molar-refractivity contribution < 1.29 is 27.5 Å². The standard InChI is InChI=1S/C25H28N2O6S/c1-16(2)27-24(29)19-7-5-17(13-22(19)34(27,30)31)23(28)26-15-25(9-3-4-10-25)18-6-8-20-21(14-18)33-12-11-32-20/h5-8,13-14,16H,3-4,9-12,15H2,1-2H3,(H,26,28). The first-order valence-electron chi connectivity index (χ1n) is 11.6. The molecule has 2 heterocycles. The Labute approximate surface area is 199 Å². The lowest BCUT2D eigenvalue weighted by Gasteiger charge is -2.31. The summed E-state index contributed by atoms with van der Waals surface area (Å²) in [6.45, 7) is 4.76. The van der Waals surface area contributed by atoms with Crippen LogP contribution in [-0.4, -0.2) is 50.3 Å². The first kappa shape index (κ1) is 22.7. The molecule has 0 unspecified atom stereocenters. The van der Waals surface area contributed by atoms with Gasteiger partial charge in [0.25, 0.3) is 21.8 Å². The Bertz CT molecular complexity index is 1260. The van der Waals surface area contributed by atoms with Gasteiger partial charge >= 0.3 is 0 Å². The maximum atomic E-state index is 13.1. The minimum absolute atomic E-state index is 0.105. The fraction of sp³-hybridized carbons (Fsp3) is 0.440. The SMILES string of the molecule is CC(C)N1C(=O)c2ccc(C(=O)NCC3(c4ccc5c(c4)OCCO5)CCCC3)cc2S1(=O)=O. The Hall–Kier alpha value is -3.07. The summed E-state index contributed by atoms with van der Waals surface area (Å²) >= 11 is 0. The molecule has 1 fully saturated rings. The van der Waals surface area contributed by atoms with Gasteiger partial charge in [0, 0.05) is 23.6 Å². The van der Waals surface area contributed by atoms with Crippen molar-refractivity contribution in [1.82, 2.24) is 9.62 Å². The molecule has 1 saturated carbocycles. The van der Waals surface area contributed by atoms with Crippen molar-refractivity contribution in [1.29, 1.82) is 0 Å². The summed E-state index contributed by atoms with van der Waals surface area (Å²) in [4.78, 5) is 25.5. The molecule has 2 amide bonds. The lowest BCUT2D eigenvalue weighted by atomic mass is 9.78. The van der Waals surface area contributed by atoms with Gasteiger partial charge in [-0.1, -0.05) is 18.9 Å². The van der Waals surface area contributed by atoms with E-state index in [1.807, 2.05) is 18.2 Å². The second-order valence-electron chi connectivity index (χ2n) is 9.44. The van der Waals surface area contributed by atoms with Gasteiger partial charge in [0.15, 0.2) is 11.5 Å². The van der Waals surface area contributed by atoms with Gasteiger partial charge in [-0.15, -0.1) is 0 Å². The summed E-state index contributed by atoms with van der Waals surface area (Å²) in [7, 11) is -3.97. The van der Waals surface area contributed by atoms with E-state index in [1.165, 1.54) is 18.2 Å². The number of carbonyl (C=O) groups is 2. The van der Waals surface area contributed by atoms with Crippen molar-refractivity contribution in [2.75, 3.05) is 19.8 Å². The molecule has 0 saturated heterocycles. The van der Waals surface area contributed by atoms with Crippen molar-refractivity contribution >= 4 is 21.8 Å². The van der Waals surface area contributed by atoms with Crippen molar-refractivity contribution in [2.45, 2.75) is 55.9 Å². The van der Waals surface area contributed by atoms with Crippen LogP contribution in [0.5, 0.6) is 11.5 Å². The Kier molecular flexibility index (Phi) is 5.55. The van der Waals surface area contributed by atoms with Crippen molar-refractivity contribution in [3.63, 3.8) is 0 Å². The fourth-order valence-corrected chi connectivity index (χ4v) is 7.04. The highest BCUT2D eigenvalue weighted by Gasteiger charge is 2.43. The molecular formula is C25H28N2O6S. The zero-order valence-corrected chi connectivity index (χ0v) is 20.1. The van der Waals surface area contributed by atoms with Gasteiger partial charge in [0.1, 0.15) is 18.1 Å². The lowest BCUT2D eigenvalue weighted by Crippen LogP contribution is -2.39. The van der Waals surface area contributed by atoms with Gasteiger partial charge in [-0.2, -0.15) is 0 Å². The molecule has 2 aromatic rings. The number of amides is 2. The maximum absolute atomic E-state index is 13.1. The van der Waals surface area contributed by atoms with E-state index in [9.17, 15) is 18.0 Å². The molecule has 0 bridgehead atoms. The largest absolute Gasteiger partial charge is 0.486 e. The molecule has 0 spiro atoms. The highest BCUT2D eigenvalue weighted by molar-refractivity contribution is 7.90. The average Bonchev–Trinajstić information content (AvgIpc) is 3.38. The number of rotatable bonds is 5. The third-order valence-corrected chi connectivity index (χ3v) is 8.98. The van der Waals surface area contributed by atoms with Crippen LogP contribution in [0.25, 0.3) is 0 Å². The normalized spacial score (nSPS) is 19.9. The molecule has 1 aliphatic carbocycles. The molecule has 34 heavy (non-hydrogen) atoms. The van der Waals surface area contributed by atoms with Crippen LogP contribution >= 0.6 is 0 Å². The third-order valence-electron chi connectivity index (χ3n) is 6.98. The van der Waals surface area contributed by atoms with Crippen molar-refractivity contribution in [2.24, 2.45) is 0 Å². The van der Waals surface area contributed by atoms with Crippen LogP contribution in [0.4, 0.5) is 0 Å². The van der Waals surface area contributed by atoms with E-state index >= 15 is 0 Å². The molecule has 2 aromatic carbocycles. The minimum atomic E-state index is -3.97. The van der Waals surface area contributed by atoms with E-state index < -0.39 is 22.0 Å². The van der Waals surface area contributed by atoms with Crippen molar-refractivity contribution in [3.05, 3.63) is 53.1 Å². The molecule has 180 valence electrons. The predicted octanol–water partition coefficient (Wildman–Crippen LogP) is 3.25. The van der Waals surface area contributed by atoms with Crippen LogP contribution in [0.15, 0.2) is 41.3 Å². The van der Waals surface area contributed by atoms with Crippen LogP contribution in [0.3, 0.4) is 0 Å². The third kappa shape index (κ3) is 3.62. The molecular weight excluding hydrogens is 456 g/mol. The summed E-state index contributed by atoms with van der Waals surface area (Å²) in [5.41, 5.74) is 1.20. The monoisotopic (exact) mass is 484 g/mol. The lowest BCUT2D eigenvalue weighted by molar-refractivity contribution is 0.0845. The highest BCUT2D eigenvalue weighted by Crippen LogP contribution is 2.44. The average molecular weight is 485 g/mol. The molecule has 3 aliphatic rings. The van der Waals surface area contributed by atoms with E-state index in [-0.39, 0.29) is 27.3 Å². The van der Waals surface area contributed by atoms with Crippen molar-refractivity contribution in [3.8, 4) is 11.5 Å². The van der Waals surface area contributed by atoms with Crippen LogP contribution < -0.4 is 14.8 Å². The van der Waals surface area contributed by atoms with Crippen LogP contribution in [0.2, 0.25) is 0 Å². The molecule has 9 heteroatoms. The highest BCUT2D eigenvalue weighted by atomic mass is 32.2.